The topological polar surface area (TPSA) is 15.3 Å². The molecule has 0 aliphatic heterocycles. The predicted octanol–water partition coefficient (Wildman–Crippen LogP) is 4.58. The quantitative estimate of drug-likeness (QED) is 0.720. The fourth-order valence-corrected chi connectivity index (χ4v) is 6.16. The van der Waals surface area contributed by atoms with Gasteiger partial charge in [0.1, 0.15) is 0 Å². The van der Waals surface area contributed by atoms with Gasteiger partial charge in [0.05, 0.1) is 2.88 Å². The first-order valence-corrected chi connectivity index (χ1v) is 10.2. The maximum absolute atomic E-state index is 3.94. The molecular formula is C17H27IN2S. The first kappa shape index (κ1) is 16.2. The largest absolute Gasteiger partial charge is 0.308 e. The normalized spacial score (nSPS) is 25.0. The Kier molecular flexibility index (Phi) is 5.29. The number of nitrogens with zero attached hydrogens (tertiary/aromatic N) is 1. The van der Waals surface area contributed by atoms with Crippen LogP contribution in [0.4, 0.5) is 0 Å². The van der Waals surface area contributed by atoms with Crippen molar-refractivity contribution in [3.05, 3.63) is 19.4 Å². The number of rotatable bonds is 4. The monoisotopic (exact) mass is 418 g/mol. The fraction of sp³-hybridized carbons (Fsp3) is 0.765. The van der Waals surface area contributed by atoms with Gasteiger partial charge in [0.15, 0.2) is 0 Å². The van der Waals surface area contributed by atoms with Crippen LogP contribution >= 0.6 is 33.9 Å². The Labute approximate surface area is 146 Å². The highest BCUT2D eigenvalue weighted by Gasteiger charge is 2.35. The molecular weight excluding hydrogens is 391 g/mol. The van der Waals surface area contributed by atoms with E-state index in [9.17, 15) is 0 Å². The number of likely N-dealkylation sites (N-methyl/N-ethyl adjacent to an activating group) is 1. The average Bonchev–Trinajstić information content (AvgIpc) is 2.86. The highest BCUT2D eigenvalue weighted by atomic mass is 127. The molecule has 0 aromatic carbocycles. The Balaban J connectivity index is 1.69. The maximum Gasteiger partial charge on any atom is 0.0659 e. The summed E-state index contributed by atoms with van der Waals surface area (Å²) in [4.78, 5) is 4.12. The molecule has 0 spiro atoms. The van der Waals surface area contributed by atoms with Crippen molar-refractivity contribution in [2.24, 2.45) is 0 Å². The number of hydrogen-bond acceptors (Lipinski definition) is 3. The molecule has 118 valence electrons. The summed E-state index contributed by atoms with van der Waals surface area (Å²) in [6, 6.07) is 3.01. The standard InChI is InChI=1S/C17H27IN2S/c1-20(2)17(9-4-3-5-10-17)12-19-14-7-6-8-15-13(14)11-16(18)21-15/h11,14,19H,3-10,12H2,1-2H3. The Morgan fingerprint density at radius 3 is 2.76 bits per heavy atom. The third kappa shape index (κ3) is 3.48. The van der Waals surface area contributed by atoms with E-state index in [0.717, 1.165) is 6.54 Å². The van der Waals surface area contributed by atoms with Gasteiger partial charge in [0, 0.05) is 23.0 Å². The van der Waals surface area contributed by atoms with E-state index in [0.29, 0.717) is 11.6 Å². The second-order valence-electron chi connectivity index (χ2n) is 6.93. The minimum Gasteiger partial charge on any atom is -0.308 e. The number of halogens is 1. The van der Waals surface area contributed by atoms with E-state index in [1.54, 1.807) is 10.4 Å². The van der Waals surface area contributed by atoms with Crippen molar-refractivity contribution in [1.82, 2.24) is 10.2 Å². The van der Waals surface area contributed by atoms with Crippen LogP contribution in [0.25, 0.3) is 0 Å². The third-order valence-electron chi connectivity index (χ3n) is 5.49. The van der Waals surface area contributed by atoms with Crippen molar-refractivity contribution in [3.8, 4) is 0 Å². The molecule has 1 aromatic rings. The molecule has 0 bridgehead atoms. The smallest absolute Gasteiger partial charge is 0.0659 e. The molecule has 1 N–H and O–H groups in total. The van der Waals surface area contributed by atoms with Crippen LogP contribution in [-0.4, -0.2) is 31.1 Å². The molecule has 1 unspecified atom stereocenters. The summed E-state index contributed by atoms with van der Waals surface area (Å²) in [7, 11) is 4.54. The molecule has 0 radical (unpaired) electrons. The maximum atomic E-state index is 3.94. The molecule has 3 rings (SSSR count). The van der Waals surface area contributed by atoms with Gasteiger partial charge in [-0.05, 0) is 80.4 Å². The van der Waals surface area contributed by atoms with Crippen LogP contribution in [0, 0.1) is 2.88 Å². The molecule has 2 aliphatic rings. The molecule has 1 atom stereocenters. The van der Waals surface area contributed by atoms with Crippen LogP contribution < -0.4 is 5.32 Å². The summed E-state index contributed by atoms with van der Waals surface area (Å²) >= 11 is 4.48. The lowest BCUT2D eigenvalue weighted by Crippen LogP contribution is -2.53. The van der Waals surface area contributed by atoms with Crippen molar-refractivity contribution < 1.29 is 0 Å². The summed E-state index contributed by atoms with van der Waals surface area (Å²) in [6.45, 7) is 1.15. The van der Waals surface area contributed by atoms with Gasteiger partial charge in [-0.3, -0.25) is 0 Å². The van der Waals surface area contributed by atoms with Crippen LogP contribution in [0.1, 0.15) is 61.4 Å². The van der Waals surface area contributed by atoms with E-state index in [2.05, 4.69) is 53.0 Å². The van der Waals surface area contributed by atoms with Gasteiger partial charge in [-0.15, -0.1) is 11.3 Å². The van der Waals surface area contributed by atoms with Gasteiger partial charge in [-0.2, -0.15) is 0 Å². The molecule has 21 heavy (non-hydrogen) atoms. The molecule has 1 saturated carbocycles. The number of thiophene rings is 1. The van der Waals surface area contributed by atoms with E-state index in [1.807, 2.05) is 11.3 Å². The highest BCUT2D eigenvalue weighted by Crippen LogP contribution is 2.37. The lowest BCUT2D eigenvalue weighted by Gasteiger charge is -2.44. The van der Waals surface area contributed by atoms with Crippen LogP contribution in [0.3, 0.4) is 0 Å². The van der Waals surface area contributed by atoms with Crippen LogP contribution in [-0.2, 0) is 6.42 Å². The molecule has 1 heterocycles. The molecule has 2 nitrogen and oxygen atoms in total. The van der Waals surface area contributed by atoms with Crippen LogP contribution in [0.2, 0.25) is 0 Å². The van der Waals surface area contributed by atoms with Crippen molar-refractivity contribution in [2.45, 2.75) is 62.9 Å². The van der Waals surface area contributed by atoms with E-state index in [1.165, 1.54) is 54.3 Å². The van der Waals surface area contributed by atoms with E-state index in [4.69, 9.17) is 0 Å². The molecule has 0 saturated heterocycles. The zero-order valence-electron chi connectivity index (χ0n) is 13.3. The minimum absolute atomic E-state index is 0.388. The summed E-state index contributed by atoms with van der Waals surface area (Å²) in [5.74, 6) is 0. The summed E-state index contributed by atoms with van der Waals surface area (Å²) in [5, 5.41) is 3.94. The lowest BCUT2D eigenvalue weighted by molar-refractivity contribution is 0.0943. The van der Waals surface area contributed by atoms with Crippen molar-refractivity contribution in [1.29, 1.82) is 0 Å². The van der Waals surface area contributed by atoms with Gasteiger partial charge in [-0.1, -0.05) is 19.3 Å². The van der Waals surface area contributed by atoms with Gasteiger partial charge in [0.2, 0.25) is 0 Å². The molecule has 2 aliphatic carbocycles. The SMILES string of the molecule is CN(C)C1(CNC2CCCc3sc(I)cc32)CCCCC1. The first-order valence-electron chi connectivity index (χ1n) is 8.30. The number of nitrogens with one attached hydrogen (secondary N) is 1. The third-order valence-corrected chi connectivity index (χ3v) is 7.47. The molecule has 1 fully saturated rings. The van der Waals surface area contributed by atoms with E-state index in [-0.39, 0.29) is 0 Å². The zero-order chi connectivity index (χ0) is 14.9. The Morgan fingerprint density at radius 1 is 1.29 bits per heavy atom. The zero-order valence-corrected chi connectivity index (χ0v) is 16.2. The number of fused-ring (bicyclic) bond motifs is 1. The summed E-state index contributed by atoms with van der Waals surface area (Å²) in [5.41, 5.74) is 1.99. The lowest BCUT2D eigenvalue weighted by atomic mass is 9.80. The van der Waals surface area contributed by atoms with Crippen LogP contribution in [0.5, 0.6) is 0 Å². The Bertz CT molecular complexity index is 477. The fourth-order valence-electron chi connectivity index (χ4n) is 4.04. The van der Waals surface area contributed by atoms with E-state index < -0.39 is 0 Å². The predicted molar refractivity (Wildman–Crippen MR) is 100 cm³/mol. The van der Waals surface area contributed by atoms with Gasteiger partial charge >= 0.3 is 0 Å². The minimum atomic E-state index is 0.388. The number of aryl methyl sites for hydroxylation is 1. The summed E-state index contributed by atoms with van der Waals surface area (Å²) < 4.78 is 1.45. The Morgan fingerprint density at radius 2 is 2.05 bits per heavy atom. The number of hydrogen-bond donors (Lipinski definition) is 1. The van der Waals surface area contributed by atoms with Crippen molar-refractivity contribution in [3.63, 3.8) is 0 Å². The van der Waals surface area contributed by atoms with Crippen LogP contribution in [0.15, 0.2) is 6.07 Å². The highest BCUT2D eigenvalue weighted by molar-refractivity contribution is 14.1. The van der Waals surface area contributed by atoms with Crippen molar-refractivity contribution in [2.75, 3.05) is 20.6 Å². The molecule has 1 aromatic heterocycles. The average molecular weight is 418 g/mol. The van der Waals surface area contributed by atoms with E-state index >= 15 is 0 Å². The molecule has 0 amide bonds. The van der Waals surface area contributed by atoms with Crippen molar-refractivity contribution >= 4 is 33.9 Å². The van der Waals surface area contributed by atoms with Gasteiger partial charge < -0.3 is 10.2 Å². The second-order valence-corrected chi connectivity index (χ2v) is 9.97. The van der Waals surface area contributed by atoms with Gasteiger partial charge in [-0.25, -0.2) is 0 Å². The molecule has 4 heteroatoms. The Hall–Kier alpha value is 0.350. The first-order chi connectivity index (χ1) is 10.1. The summed E-state index contributed by atoms with van der Waals surface area (Å²) in [6.07, 6.45) is 10.9. The van der Waals surface area contributed by atoms with Gasteiger partial charge in [0.25, 0.3) is 0 Å². The second kappa shape index (κ2) is 6.85.